The van der Waals surface area contributed by atoms with Crippen LogP contribution in [0.2, 0.25) is 0 Å². The SMILES string of the molecule is CCNC(=NCc1ccccc1)NCc1cc2ccccc2[nH]1. The second-order valence-electron chi connectivity index (χ2n) is 5.42. The Hall–Kier alpha value is -2.75. The highest BCUT2D eigenvalue weighted by atomic mass is 15.2. The van der Waals surface area contributed by atoms with E-state index >= 15 is 0 Å². The molecule has 0 atom stereocenters. The largest absolute Gasteiger partial charge is 0.357 e. The fourth-order valence-corrected chi connectivity index (χ4v) is 2.50. The van der Waals surface area contributed by atoms with Gasteiger partial charge in [0, 0.05) is 17.8 Å². The number of hydrogen-bond acceptors (Lipinski definition) is 1. The quantitative estimate of drug-likeness (QED) is 0.500. The molecule has 4 nitrogen and oxygen atoms in total. The molecular weight excluding hydrogens is 284 g/mol. The standard InChI is InChI=1S/C19H22N4/c1-2-20-19(21-13-15-8-4-3-5-9-15)22-14-17-12-16-10-6-7-11-18(16)23-17/h3-12,23H,2,13-14H2,1H3,(H2,20,21,22). The number of aromatic amines is 1. The van der Waals surface area contributed by atoms with Crippen molar-refractivity contribution in [2.24, 2.45) is 4.99 Å². The predicted molar refractivity (Wildman–Crippen MR) is 96.4 cm³/mol. The lowest BCUT2D eigenvalue weighted by Gasteiger charge is -2.10. The van der Waals surface area contributed by atoms with E-state index in [4.69, 9.17) is 0 Å². The Morgan fingerprint density at radius 1 is 1.00 bits per heavy atom. The Morgan fingerprint density at radius 2 is 1.78 bits per heavy atom. The van der Waals surface area contributed by atoms with E-state index in [1.165, 1.54) is 10.9 Å². The van der Waals surface area contributed by atoms with Gasteiger partial charge in [-0.2, -0.15) is 0 Å². The number of rotatable bonds is 5. The molecule has 0 aliphatic carbocycles. The first-order valence-corrected chi connectivity index (χ1v) is 7.98. The maximum absolute atomic E-state index is 4.63. The number of nitrogens with one attached hydrogen (secondary N) is 3. The molecule has 2 aromatic carbocycles. The smallest absolute Gasteiger partial charge is 0.191 e. The summed E-state index contributed by atoms with van der Waals surface area (Å²) in [4.78, 5) is 8.05. The van der Waals surface area contributed by atoms with Gasteiger partial charge in [-0.3, -0.25) is 0 Å². The number of benzene rings is 2. The normalized spacial score (nSPS) is 11.6. The second kappa shape index (κ2) is 7.49. The van der Waals surface area contributed by atoms with Crippen molar-refractivity contribution >= 4 is 16.9 Å². The van der Waals surface area contributed by atoms with Crippen molar-refractivity contribution in [3.05, 3.63) is 71.9 Å². The molecule has 0 fully saturated rings. The Balaban J connectivity index is 1.64. The Bertz CT molecular complexity index is 741. The van der Waals surface area contributed by atoms with E-state index in [1.54, 1.807) is 0 Å². The van der Waals surface area contributed by atoms with Gasteiger partial charge in [0.1, 0.15) is 0 Å². The van der Waals surface area contributed by atoms with Gasteiger partial charge in [0.05, 0.1) is 13.1 Å². The third-order valence-electron chi connectivity index (χ3n) is 3.64. The summed E-state index contributed by atoms with van der Waals surface area (Å²) >= 11 is 0. The lowest BCUT2D eigenvalue weighted by atomic mass is 10.2. The number of guanidine groups is 1. The van der Waals surface area contributed by atoms with Crippen LogP contribution in [0.3, 0.4) is 0 Å². The van der Waals surface area contributed by atoms with Crippen LogP contribution in [0.5, 0.6) is 0 Å². The van der Waals surface area contributed by atoms with E-state index in [9.17, 15) is 0 Å². The lowest BCUT2D eigenvalue weighted by molar-refractivity contribution is 0.805. The van der Waals surface area contributed by atoms with Crippen LogP contribution < -0.4 is 10.6 Å². The molecule has 23 heavy (non-hydrogen) atoms. The summed E-state index contributed by atoms with van der Waals surface area (Å²) in [5.41, 5.74) is 3.52. The molecule has 0 aliphatic rings. The van der Waals surface area contributed by atoms with Crippen LogP contribution in [0.1, 0.15) is 18.2 Å². The van der Waals surface area contributed by atoms with Gasteiger partial charge in [-0.25, -0.2) is 4.99 Å². The number of aliphatic imine (C=N–C) groups is 1. The summed E-state index contributed by atoms with van der Waals surface area (Å²) in [6.45, 7) is 4.30. The minimum atomic E-state index is 0.670. The van der Waals surface area contributed by atoms with Crippen LogP contribution >= 0.6 is 0 Å². The summed E-state index contributed by atoms with van der Waals surface area (Å²) in [5, 5.41) is 7.89. The highest BCUT2D eigenvalue weighted by Gasteiger charge is 2.02. The molecule has 0 saturated carbocycles. The maximum atomic E-state index is 4.63. The van der Waals surface area contributed by atoms with E-state index < -0.39 is 0 Å². The average Bonchev–Trinajstić information content (AvgIpc) is 3.01. The van der Waals surface area contributed by atoms with Gasteiger partial charge in [0.15, 0.2) is 5.96 Å². The summed E-state index contributed by atoms with van der Waals surface area (Å²) in [6.07, 6.45) is 0. The number of aromatic nitrogens is 1. The van der Waals surface area contributed by atoms with Crippen LogP contribution in [-0.2, 0) is 13.1 Å². The molecule has 0 unspecified atom stereocenters. The Morgan fingerprint density at radius 3 is 2.57 bits per heavy atom. The molecule has 0 bridgehead atoms. The molecule has 1 heterocycles. The zero-order valence-electron chi connectivity index (χ0n) is 13.3. The lowest BCUT2D eigenvalue weighted by Crippen LogP contribution is -2.36. The third-order valence-corrected chi connectivity index (χ3v) is 3.64. The van der Waals surface area contributed by atoms with Crippen molar-refractivity contribution in [2.75, 3.05) is 6.54 Å². The van der Waals surface area contributed by atoms with Crippen LogP contribution in [0, 0.1) is 0 Å². The molecule has 0 amide bonds. The minimum Gasteiger partial charge on any atom is -0.357 e. The fraction of sp³-hybridized carbons (Fsp3) is 0.211. The number of fused-ring (bicyclic) bond motifs is 1. The van der Waals surface area contributed by atoms with Crippen molar-refractivity contribution in [1.29, 1.82) is 0 Å². The first kappa shape index (κ1) is 15.2. The van der Waals surface area contributed by atoms with Gasteiger partial charge in [0.25, 0.3) is 0 Å². The molecule has 1 aromatic heterocycles. The topological polar surface area (TPSA) is 52.2 Å². The summed E-state index contributed by atoms with van der Waals surface area (Å²) < 4.78 is 0. The van der Waals surface area contributed by atoms with E-state index in [-0.39, 0.29) is 0 Å². The molecule has 118 valence electrons. The maximum Gasteiger partial charge on any atom is 0.191 e. The fourth-order valence-electron chi connectivity index (χ4n) is 2.50. The zero-order chi connectivity index (χ0) is 15.9. The molecule has 0 radical (unpaired) electrons. The molecule has 0 aliphatic heterocycles. The van der Waals surface area contributed by atoms with Crippen molar-refractivity contribution in [1.82, 2.24) is 15.6 Å². The highest BCUT2D eigenvalue weighted by molar-refractivity contribution is 5.81. The van der Waals surface area contributed by atoms with Gasteiger partial charge in [-0.15, -0.1) is 0 Å². The van der Waals surface area contributed by atoms with Gasteiger partial charge in [0.2, 0.25) is 0 Å². The number of hydrogen-bond donors (Lipinski definition) is 3. The van der Waals surface area contributed by atoms with Crippen LogP contribution in [0.15, 0.2) is 65.7 Å². The third kappa shape index (κ3) is 4.13. The summed E-state index contributed by atoms with van der Waals surface area (Å²) in [5.74, 6) is 0.829. The number of nitrogens with zero attached hydrogens (tertiary/aromatic N) is 1. The van der Waals surface area contributed by atoms with Crippen molar-refractivity contribution < 1.29 is 0 Å². The van der Waals surface area contributed by atoms with Crippen molar-refractivity contribution in [2.45, 2.75) is 20.0 Å². The first-order chi connectivity index (χ1) is 11.3. The van der Waals surface area contributed by atoms with E-state index in [1.807, 2.05) is 24.3 Å². The van der Waals surface area contributed by atoms with E-state index in [2.05, 4.69) is 63.9 Å². The highest BCUT2D eigenvalue weighted by Crippen LogP contribution is 2.14. The second-order valence-corrected chi connectivity index (χ2v) is 5.42. The molecular formula is C19H22N4. The number of para-hydroxylation sites is 1. The summed E-state index contributed by atoms with van der Waals surface area (Å²) in [6, 6.07) is 20.7. The van der Waals surface area contributed by atoms with Gasteiger partial charge >= 0.3 is 0 Å². The average molecular weight is 306 g/mol. The molecule has 3 N–H and O–H groups in total. The van der Waals surface area contributed by atoms with Crippen LogP contribution in [0.4, 0.5) is 0 Å². The van der Waals surface area contributed by atoms with Crippen molar-refractivity contribution in [3.63, 3.8) is 0 Å². The first-order valence-electron chi connectivity index (χ1n) is 7.98. The van der Waals surface area contributed by atoms with Gasteiger partial charge < -0.3 is 15.6 Å². The number of H-pyrrole nitrogens is 1. The predicted octanol–water partition coefficient (Wildman–Crippen LogP) is 3.42. The van der Waals surface area contributed by atoms with Crippen LogP contribution in [-0.4, -0.2) is 17.5 Å². The molecule has 3 rings (SSSR count). The summed E-state index contributed by atoms with van der Waals surface area (Å²) in [7, 11) is 0. The molecule has 0 spiro atoms. The minimum absolute atomic E-state index is 0.670. The van der Waals surface area contributed by atoms with E-state index in [0.29, 0.717) is 6.54 Å². The molecule has 3 aromatic rings. The zero-order valence-corrected chi connectivity index (χ0v) is 13.3. The monoisotopic (exact) mass is 306 g/mol. The van der Waals surface area contributed by atoms with E-state index in [0.717, 1.165) is 30.3 Å². The van der Waals surface area contributed by atoms with Gasteiger partial charge in [-0.05, 0) is 30.0 Å². The molecule has 0 saturated heterocycles. The Labute approximate surface area is 136 Å². The van der Waals surface area contributed by atoms with Crippen molar-refractivity contribution in [3.8, 4) is 0 Å². The van der Waals surface area contributed by atoms with Gasteiger partial charge in [-0.1, -0.05) is 48.5 Å². The Kier molecular flexibility index (Phi) is 4.94. The molecule has 4 heteroatoms. The van der Waals surface area contributed by atoms with Crippen LogP contribution in [0.25, 0.3) is 10.9 Å².